The van der Waals surface area contributed by atoms with Crippen molar-refractivity contribution in [2.24, 2.45) is 5.41 Å². The average Bonchev–Trinajstić information content (AvgIpc) is 3.13. The maximum absolute atomic E-state index is 4.85. The summed E-state index contributed by atoms with van der Waals surface area (Å²) in [7, 11) is 0. The van der Waals surface area contributed by atoms with Crippen LogP contribution in [-0.4, -0.2) is 22.4 Å². The normalized spacial score (nSPS) is 17.0. The molecule has 1 N–H and O–H groups in total. The van der Waals surface area contributed by atoms with Gasteiger partial charge in [-0.25, -0.2) is 0 Å². The van der Waals surface area contributed by atoms with Crippen molar-refractivity contribution in [2.45, 2.75) is 52.6 Å². The fraction of sp³-hybridized carbons (Fsp3) is 0.588. The number of nitrogens with zero attached hydrogens (tertiary/aromatic N) is 2. The van der Waals surface area contributed by atoms with Crippen LogP contribution in [0.5, 0.6) is 0 Å². The molecule has 0 atom stereocenters. The molecular formula is C17H25N3. The molecule has 20 heavy (non-hydrogen) atoms. The highest BCUT2D eigenvalue weighted by Crippen LogP contribution is 2.48. The fourth-order valence-corrected chi connectivity index (χ4v) is 2.94. The highest BCUT2D eigenvalue weighted by molar-refractivity contribution is 5.82. The minimum atomic E-state index is 0.458. The number of hydrogen-bond acceptors (Lipinski definition) is 2. The zero-order chi connectivity index (χ0) is 14.2. The van der Waals surface area contributed by atoms with Crippen molar-refractivity contribution >= 4 is 10.9 Å². The Bertz CT molecular complexity index is 593. The van der Waals surface area contributed by atoms with E-state index in [4.69, 9.17) is 5.10 Å². The number of nitrogens with one attached hydrogen (secondary N) is 1. The number of hydrogen-bond donors (Lipinski definition) is 1. The zero-order valence-electron chi connectivity index (χ0n) is 12.8. The summed E-state index contributed by atoms with van der Waals surface area (Å²) >= 11 is 0. The van der Waals surface area contributed by atoms with E-state index in [1.807, 2.05) is 0 Å². The van der Waals surface area contributed by atoms with E-state index in [9.17, 15) is 0 Å². The second kappa shape index (κ2) is 5.21. The topological polar surface area (TPSA) is 29.9 Å². The van der Waals surface area contributed by atoms with Crippen molar-refractivity contribution in [1.29, 1.82) is 0 Å². The molecule has 3 rings (SSSR count). The monoisotopic (exact) mass is 271 g/mol. The first kappa shape index (κ1) is 13.6. The molecule has 1 aliphatic carbocycles. The molecule has 0 amide bonds. The molecule has 0 saturated heterocycles. The number of benzene rings is 1. The van der Waals surface area contributed by atoms with Crippen LogP contribution in [-0.2, 0) is 13.0 Å². The van der Waals surface area contributed by atoms with Crippen LogP contribution in [0.1, 0.15) is 39.3 Å². The lowest BCUT2D eigenvalue weighted by molar-refractivity contribution is 0.425. The van der Waals surface area contributed by atoms with Gasteiger partial charge >= 0.3 is 0 Å². The van der Waals surface area contributed by atoms with Gasteiger partial charge in [0.1, 0.15) is 0 Å². The first-order valence-electron chi connectivity index (χ1n) is 7.81. The minimum absolute atomic E-state index is 0.458. The average molecular weight is 271 g/mol. The van der Waals surface area contributed by atoms with E-state index in [0.717, 1.165) is 19.5 Å². The van der Waals surface area contributed by atoms with Gasteiger partial charge in [-0.2, -0.15) is 5.10 Å². The molecule has 0 spiro atoms. The summed E-state index contributed by atoms with van der Waals surface area (Å²) in [5.74, 6) is 0. The van der Waals surface area contributed by atoms with Gasteiger partial charge in [-0.15, -0.1) is 0 Å². The first-order chi connectivity index (χ1) is 9.63. The van der Waals surface area contributed by atoms with E-state index >= 15 is 0 Å². The number of aryl methyl sites for hydroxylation is 1. The Hall–Kier alpha value is -1.35. The molecule has 1 fully saturated rings. The number of rotatable bonds is 6. The molecule has 1 heterocycles. The third kappa shape index (κ3) is 2.59. The van der Waals surface area contributed by atoms with Crippen molar-refractivity contribution < 1.29 is 0 Å². The standard InChI is InChI=1S/C17H25N3/c1-4-20-16-8-6-5-7-14(16)15(19-20)11-17(9-10-17)12-18-13(2)3/h5-8,13,18H,4,9-12H2,1-3H3. The van der Waals surface area contributed by atoms with Crippen LogP contribution in [0, 0.1) is 5.41 Å². The first-order valence-corrected chi connectivity index (χ1v) is 7.81. The summed E-state index contributed by atoms with van der Waals surface area (Å²) in [6, 6.07) is 9.20. The molecule has 108 valence electrons. The third-order valence-corrected chi connectivity index (χ3v) is 4.42. The predicted octanol–water partition coefficient (Wildman–Crippen LogP) is 3.38. The molecule has 0 bridgehead atoms. The minimum Gasteiger partial charge on any atom is -0.314 e. The number of aromatic nitrogens is 2. The molecular weight excluding hydrogens is 246 g/mol. The molecule has 0 aliphatic heterocycles. The van der Waals surface area contributed by atoms with Gasteiger partial charge in [-0.05, 0) is 37.7 Å². The number of fused-ring (bicyclic) bond motifs is 1. The largest absolute Gasteiger partial charge is 0.314 e. The maximum atomic E-state index is 4.85. The Labute approximate surface area is 121 Å². The summed E-state index contributed by atoms with van der Waals surface area (Å²) in [5.41, 5.74) is 3.02. The van der Waals surface area contributed by atoms with Gasteiger partial charge in [0, 0.05) is 24.5 Å². The van der Waals surface area contributed by atoms with Crippen molar-refractivity contribution in [3.63, 3.8) is 0 Å². The van der Waals surface area contributed by atoms with E-state index in [2.05, 4.69) is 55.0 Å². The van der Waals surface area contributed by atoms with Crippen molar-refractivity contribution in [1.82, 2.24) is 15.1 Å². The lowest BCUT2D eigenvalue weighted by Crippen LogP contribution is -2.31. The van der Waals surface area contributed by atoms with Crippen molar-refractivity contribution in [3.8, 4) is 0 Å². The van der Waals surface area contributed by atoms with Gasteiger partial charge in [0.25, 0.3) is 0 Å². The molecule has 0 radical (unpaired) electrons. The van der Waals surface area contributed by atoms with Crippen LogP contribution in [0.2, 0.25) is 0 Å². The molecule has 1 aromatic carbocycles. The zero-order valence-corrected chi connectivity index (χ0v) is 12.8. The van der Waals surface area contributed by atoms with Crippen molar-refractivity contribution in [3.05, 3.63) is 30.0 Å². The Morgan fingerprint density at radius 2 is 2.05 bits per heavy atom. The van der Waals surface area contributed by atoms with E-state index in [-0.39, 0.29) is 0 Å². The van der Waals surface area contributed by atoms with Crippen LogP contribution >= 0.6 is 0 Å². The smallest absolute Gasteiger partial charge is 0.0709 e. The van der Waals surface area contributed by atoms with E-state index in [1.54, 1.807) is 0 Å². The maximum Gasteiger partial charge on any atom is 0.0709 e. The van der Waals surface area contributed by atoms with Gasteiger partial charge in [0.15, 0.2) is 0 Å². The summed E-state index contributed by atoms with van der Waals surface area (Å²) in [6.07, 6.45) is 3.78. The summed E-state index contributed by atoms with van der Waals surface area (Å²) < 4.78 is 2.14. The lowest BCUT2D eigenvalue weighted by atomic mass is 9.98. The third-order valence-electron chi connectivity index (χ3n) is 4.42. The van der Waals surface area contributed by atoms with Crippen molar-refractivity contribution in [2.75, 3.05) is 6.54 Å². The molecule has 2 aromatic rings. The number of para-hydroxylation sites is 1. The molecule has 1 aromatic heterocycles. The predicted molar refractivity (Wildman–Crippen MR) is 83.9 cm³/mol. The van der Waals surface area contributed by atoms with Crippen LogP contribution < -0.4 is 5.32 Å². The highest BCUT2D eigenvalue weighted by atomic mass is 15.3. The molecule has 1 saturated carbocycles. The quantitative estimate of drug-likeness (QED) is 0.873. The Morgan fingerprint density at radius 3 is 2.70 bits per heavy atom. The Kier molecular flexibility index (Phi) is 3.55. The lowest BCUT2D eigenvalue weighted by Gasteiger charge is -2.17. The second-order valence-corrected chi connectivity index (χ2v) is 6.49. The molecule has 3 heteroatoms. The van der Waals surface area contributed by atoms with Gasteiger partial charge in [-0.3, -0.25) is 4.68 Å². The molecule has 3 nitrogen and oxygen atoms in total. The van der Waals surface area contributed by atoms with E-state index in [0.29, 0.717) is 11.5 Å². The summed E-state index contributed by atoms with van der Waals surface area (Å²) in [5, 5.41) is 9.79. The van der Waals surface area contributed by atoms with E-state index < -0.39 is 0 Å². The van der Waals surface area contributed by atoms with Gasteiger partial charge in [0.05, 0.1) is 11.2 Å². The van der Waals surface area contributed by atoms with E-state index in [1.165, 1.54) is 29.4 Å². The SMILES string of the molecule is CCn1nc(CC2(CNC(C)C)CC2)c2ccccc21. The second-order valence-electron chi connectivity index (χ2n) is 6.49. The van der Waals surface area contributed by atoms with Crippen LogP contribution in [0.25, 0.3) is 10.9 Å². The Balaban J connectivity index is 1.84. The fourth-order valence-electron chi connectivity index (χ4n) is 2.94. The van der Waals surface area contributed by atoms with Crippen LogP contribution in [0.4, 0.5) is 0 Å². The van der Waals surface area contributed by atoms with Crippen LogP contribution in [0.3, 0.4) is 0 Å². The highest BCUT2D eigenvalue weighted by Gasteiger charge is 2.43. The summed E-state index contributed by atoms with van der Waals surface area (Å²) in [4.78, 5) is 0. The molecule has 1 aliphatic rings. The van der Waals surface area contributed by atoms with Gasteiger partial charge < -0.3 is 5.32 Å². The van der Waals surface area contributed by atoms with Gasteiger partial charge in [0.2, 0.25) is 0 Å². The van der Waals surface area contributed by atoms with Gasteiger partial charge in [-0.1, -0.05) is 32.0 Å². The van der Waals surface area contributed by atoms with Crippen LogP contribution in [0.15, 0.2) is 24.3 Å². The molecule has 0 unspecified atom stereocenters. The Morgan fingerprint density at radius 1 is 1.30 bits per heavy atom. The summed E-state index contributed by atoms with van der Waals surface area (Å²) in [6.45, 7) is 8.67.